The van der Waals surface area contributed by atoms with E-state index < -0.39 is 0 Å². The Morgan fingerprint density at radius 3 is 2.68 bits per heavy atom. The van der Waals surface area contributed by atoms with E-state index in [0.717, 1.165) is 55.1 Å². The van der Waals surface area contributed by atoms with Crippen LogP contribution in [0.5, 0.6) is 5.75 Å². The number of benzene rings is 3. The molecule has 3 heteroatoms. The first-order valence-electron chi connectivity index (χ1n) is 10.1. The number of hydrogen-bond acceptors (Lipinski definition) is 3. The number of aromatic nitrogens is 1. The van der Waals surface area contributed by atoms with Gasteiger partial charge in [0.2, 0.25) is 0 Å². The van der Waals surface area contributed by atoms with Crippen LogP contribution in [0.3, 0.4) is 0 Å². The summed E-state index contributed by atoms with van der Waals surface area (Å²) < 4.78 is 5.74. The van der Waals surface area contributed by atoms with Crippen LogP contribution in [0.25, 0.3) is 32.9 Å². The summed E-state index contributed by atoms with van der Waals surface area (Å²) in [4.78, 5) is 5.12. The summed E-state index contributed by atoms with van der Waals surface area (Å²) in [6, 6.07) is 21.4. The summed E-state index contributed by atoms with van der Waals surface area (Å²) in [5.74, 6) is 0.921. The summed E-state index contributed by atoms with van der Waals surface area (Å²) in [7, 11) is 0. The summed E-state index contributed by atoms with van der Waals surface area (Å²) in [5, 5.41) is 7.45. The smallest absolute Gasteiger partial charge is 0.119 e. The van der Waals surface area contributed by atoms with Crippen molar-refractivity contribution in [1.82, 2.24) is 10.3 Å². The molecule has 3 aromatic carbocycles. The third-order valence-electron chi connectivity index (χ3n) is 5.55. The third-order valence-corrected chi connectivity index (χ3v) is 5.55. The first kappa shape index (κ1) is 17.2. The molecule has 3 nitrogen and oxygen atoms in total. The van der Waals surface area contributed by atoms with Crippen molar-refractivity contribution in [2.75, 3.05) is 13.2 Å². The van der Waals surface area contributed by atoms with Gasteiger partial charge in [-0.1, -0.05) is 37.3 Å². The lowest BCUT2D eigenvalue weighted by atomic mass is 9.90. The highest BCUT2D eigenvalue weighted by Crippen LogP contribution is 2.36. The van der Waals surface area contributed by atoms with Gasteiger partial charge in [-0.05, 0) is 71.6 Å². The first-order valence-corrected chi connectivity index (χ1v) is 10.1. The molecule has 4 aromatic rings. The molecule has 140 valence electrons. The zero-order valence-electron chi connectivity index (χ0n) is 16.2. The summed E-state index contributed by atoms with van der Waals surface area (Å²) in [6.45, 7) is 4.75. The van der Waals surface area contributed by atoms with E-state index in [-0.39, 0.29) is 0 Å². The van der Waals surface area contributed by atoms with Crippen molar-refractivity contribution in [3.05, 3.63) is 71.8 Å². The second kappa shape index (κ2) is 7.25. The monoisotopic (exact) mass is 368 g/mol. The predicted octanol–water partition coefficient (Wildman–Crippen LogP) is 5.49. The van der Waals surface area contributed by atoms with Gasteiger partial charge in [0.15, 0.2) is 0 Å². The Morgan fingerprint density at radius 1 is 0.964 bits per heavy atom. The van der Waals surface area contributed by atoms with Crippen LogP contribution in [0, 0.1) is 0 Å². The van der Waals surface area contributed by atoms with Gasteiger partial charge in [-0.2, -0.15) is 0 Å². The molecule has 0 saturated heterocycles. The van der Waals surface area contributed by atoms with Gasteiger partial charge in [-0.15, -0.1) is 0 Å². The van der Waals surface area contributed by atoms with E-state index in [0.29, 0.717) is 0 Å². The van der Waals surface area contributed by atoms with E-state index in [1.807, 2.05) is 0 Å². The zero-order valence-corrected chi connectivity index (χ0v) is 16.2. The molecule has 0 saturated carbocycles. The van der Waals surface area contributed by atoms with Crippen molar-refractivity contribution >= 4 is 21.7 Å². The van der Waals surface area contributed by atoms with Gasteiger partial charge in [-0.3, -0.25) is 0 Å². The highest BCUT2D eigenvalue weighted by molar-refractivity contribution is 6.09. The Morgan fingerprint density at radius 2 is 1.82 bits per heavy atom. The van der Waals surface area contributed by atoms with Crippen molar-refractivity contribution in [3.63, 3.8) is 0 Å². The molecule has 5 rings (SSSR count). The van der Waals surface area contributed by atoms with E-state index in [2.05, 4.69) is 72.9 Å². The van der Waals surface area contributed by atoms with Gasteiger partial charge in [0.1, 0.15) is 5.75 Å². The first-order chi connectivity index (χ1) is 13.8. The van der Waals surface area contributed by atoms with Crippen LogP contribution in [0.1, 0.15) is 24.5 Å². The van der Waals surface area contributed by atoms with Crippen LogP contribution >= 0.6 is 0 Å². The van der Waals surface area contributed by atoms with E-state index in [4.69, 9.17) is 9.72 Å². The molecule has 0 aliphatic carbocycles. The number of nitrogens with zero attached hydrogens (tertiary/aromatic N) is 1. The van der Waals surface area contributed by atoms with E-state index in [9.17, 15) is 0 Å². The topological polar surface area (TPSA) is 34.1 Å². The van der Waals surface area contributed by atoms with Crippen molar-refractivity contribution in [1.29, 1.82) is 0 Å². The summed E-state index contributed by atoms with van der Waals surface area (Å²) in [5.41, 5.74) is 6.10. The molecule has 0 fully saturated rings. The van der Waals surface area contributed by atoms with E-state index in [1.165, 1.54) is 27.3 Å². The van der Waals surface area contributed by atoms with Gasteiger partial charge >= 0.3 is 0 Å². The maximum absolute atomic E-state index is 5.74. The lowest BCUT2D eigenvalue weighted by molar-refractivity contribution is 0.317. The quantitative estimate of drug-likeness (QED) is 0.484. The molecular formula is C25H24N2O. The van der Waals surface area contributed by atoms with Gasteiger partial charge in [0.25, 0.3) is 0 Å². The Kier molecular flexibility index (Phi) is 4.46. The molecule has 1 N–H and O–H groups in total. The fourth-order valence-corrected chi connectivity index (χ4v) is 4.21. The number of ether oxygens (including phenoxy) is 1. The highest BCUT2D eigenvalue weighted by Gasteiger charge is 2.20. The molecule has 0 radical (unpaired) electrons. The third kappa shape index (κ3) is 2.92. The predicted molar refractivity (Wildman–Crippen MR) is 116 cm³/mol. The Labute approximate surface area is 165 Å². The van der Waals surface area contributed by atoms with E-state index in [1.54, 1.807) is 0 Å². The number of pyridine rings is 1. The van der Waals surface area contributed by atoms with Gasteiger partial charge in [0, 0.05) is 17.5 Å². The maximum atomic E-state index is 5.74. The van der Waals surface area contributed by atoms with E-state index >= 15 is 0 Å². The Hall–Kier alpha value is -2.91. The van der Waals surface area contributed by atoms with Crippen LogP contribution in [-0.2, 0) is 13.0 Å². The summed E-state index contributed by atoms with van der Waals surface area (Å²) in [6.07, 6.45) is 2.05. The molecule has 2 heterocycles. The molecule has 0 bridgehead atoms. The summed E-state index contributed by atoms with van der Waals surface area (Å²) >= 11 is 0. The van der Waals surface area contributed by atoms with Crippen molar-refractivity contribution in [2.24, 2.45) is 0 Å². The minimum Gasteiger partial charge on any atom is -0.494 e. The fraction of sp³-hybridized carbons (Fsp3) is 0.240. The minimum absolute atomic E-state index is 0.750. The Bertz CT molecular complexity index is 1150. The number of nitrogens with one attached hydrogen (secondary N) is 1. The fourth-order valence-electron chi connectivity index (χ4n) is 4.21. The lowest BCUT2D eigenvalue weighted by Gasteiger charge is -2.23. The normalized spacial score (nSPS) is 13.6. The van der Waals surface area contributed by atoms with Crippen molar-refractivity contribution in [3.8, 4) is 17.0 Å². The molecule has 0 unspecified atom stereocenters. The van der Waals surface area contributed by atoms with Gasteiger partial charge in [0.05, 0.1) is 17.8 Å². The van der Waals surface area contributed by atoms with Crippen LogP contribution < -0.4 is 10.1 Å². The molecule has 0 atom stereocenters. The molecule has 1 aliphatic heterocycles. The van der Waals surface area contributed by atoms with Crippen LogP contribution in [0.15, 0.2) is 60.7 Å². The molecule has 0 amide bonds. The molecule has 1 aromatic heterocycles. The zero-order chi connectivity index (χ0) is 18.9. The van der Waals surface area contributed by atoms with Crippen LogP contribution in [0.2, 0.25) is 0 Å². The highest BCUT2D eigenvalue weighted by atomic mass is 16.5. The average Bonchev–Trinajstić information content (AvgIpc) is 2.77. The second-order valence-corrected chi connectivity index (χ2v) is 7.40. The maximum Gasteiger partial charge on any atom is 0.119 e. The molecule has 28 heavy (non-hydrogen) atoms. The van der Waals surface area contributed by atoms with Crippen LogP contribution in [0.4, 0.5) is 0 Å². The number of fused-ring (bicyclic) bond motifs is 5. The van der Waals surface area contributed by atoms with Crippen molar-refractivity contribution < 1.29 is 4.74 Å². The minimum atomic E-state index is 0.750. The van der Waals surface area contributed by atoms with Gasteiger partial charge < -0.3 is 10.1 Å². The number of rotatable bonds is 4. The van der Waals surface area contributed by atoms with Crippen LogP contribution in [-0.4, -0.2) is 18.1 Å². The SMILES string of the molecule is CCCOc1ccc(-c2nc3ccc4ccccc4c3c3c2CNCC3)cc1. The lowest BCUT2D eigenvalue weighted by Crippen LogP contribution is -2.25. The molecule has 1 aliphatic rings. The Balaban J connectivity index is 1.71. The van der Waals surface area contributed by atoms with Crippen molar-refractivity contribution in [2.45, 2.75) is 26.3 Å². The number of hydrogen-bond donors (Lipinski definition) is 1. The largest absolute Gasteiger partial charge is 0.494 e. The molecule has 0 spiro atoms. The molecular weight excluding hydrogens is 344 g/mol. The standard InChI is InChI=1S/C25H24N2O/c1-2-15-28-19-10-7-18(8-11-19)25-22-16-26-14-13-21(22)24-20-6-4-3-5-17(20)9-12-23(24)27-25/h3-12,26H,2,13-16H2,1H3. The average molecular weight is 368 g/mol. The van der Waals surface area contributed by atoms with Gasteiger partial charge in [-0.25, -0.2) is 4.98 Å². The second-order valence-electron chi connectivity index (χ2n) is 7.40.